The van der Waals surface area contributed by atoms with Gasteiger partial charge in [-0.15, -0.1) is 10.2 Å². The van der Waals surface area contributed by atoms with Gasteiger partial charge < -0.3 is 4.90 Å². The molecule has 0 unspecified atom stereocenters. The maximum atomic E-state index is 4.48. The lowest BCUT2D eigenvalue weighted by Gasteiger charge is -2.22. The molecule has 1 saturated heterocycles. The van der Waals surface area contributed by atoms with Crippen LogP contribution < -0.4 is 5.43 Å². The first-order valence-electron chi connectivity index (χ1n) is 7.65. The lowest BCUT2D eigenvalue weighted by Crippen LogP contribution is -2.30. The van der Waals surface area contributed by atoms with Crippen molar-refractivity contribution in [1.29, 1.82) is 0 Å². The first-order chi connectivity index (χ1) is 11.2. The first-order valence-corrected chi connectivity index (χ1v) is 8.46. The van der Waals surface area contributed by atoms with Crippen LogP contribution >= 0.6 is 11.3 Å². The Labute approximate surface area is 140 Å². The normalized spacial score (nSPS) is 16.0. The second-order valence-electron chi connectivity index (χ2n) is 5.54. The molecule has 1 fully saturated rings. The number of piperidine rings is 1. The minimum atomic E-state index is 0.760. The summed E-state index contributed by atoms with van der Waals surface area (Å²) in [5, 5.41) is 14.6. The molecule has 0 bridgehead atoms. The number of rotatable bonds is 4. The van der Waals surface area contributed by atoms with Crippen molar-refractivity contribution in [3.8, 4) is 0 Å². The van der Waals surface area contributed by atoms with Crippen molar-refractivity contribution < 1.29 is 0 Å². The number of nitrogens with one attached hydrogen (secondary N) is 1. The van der Waals surface area contributed by atoms with Gasteiger partial charge in [0.15, 0.2) is 5.00 Å². The third-order valence-corrected chi connectivity index (χ3v) is 4.60. The molecule has 1 aliphatic rings. The lowest BCUT2D eigenvalue weighted by molar-refractivity contribution is 0.336. The monoisotopic (exact) mass is 328 g/mol. The fourth-order valence-corrected chi connectivity index (χ4v) is 2.97. The smallest absolute Gasteiger partial charge is 0.205 e. The van der Waals surface area contributed by atoms with Crippen LogP contribution in [0.4, 0.5) is 15.8 Å². The SMILES string of the molecule is Cc1nc(NN=C2CCN(C)CC2)sc1N=Nc1ccccc1. The minimum Gasteiger partial charge on any atom is -0.306 e. The van der Waals surface area contributed by atoms with Crippen LogP contribution in [0.5, 0.6) is 0 Å². The summed E-state index contributed by atoms with van der Waals surface area (Å²) >= 11 is 1.47. The largest absolute Gasteiger partial charge is 0.306 e. The van der Waals surface area contributed by atoms with E-state index >= 15 is 0 Å². The minimum absolute atomic E-state index is 0.760. The summed E-state index contributed by atoms with van der Waals surface area (Å²) in [6.45, 7) is 4.06. The lowest BCUT2D eigenvalue weighted by atomic mass is 10.1. The number of azo groups is 1. The van der Waals surface area contributed by atoms with Crippen molar-refractivity contribution in [2.24, 2.45) is 15.3 Å². The van der Waals surface area contributed by atoms with Crippen LogP contribution in [-0.4, -0.2) is 35.7 Å². The molecule has 0 atom stereocenters. The first kappa shape index (κ1) is 15.8. The van der Waals surface area contributed by atoms with E-state index in [0.29, 0.717) is 0 Å². The fraction of sp³-hybridized carbons (Fsp3) is 0.375. The van der Waals surface area contributed by atoms with Crippen LogP contribution in [-0.2, 0) is 0 Å². The highest BCUT2D eigenvalue weighted by atomic mass is 32.1. The zero-order chi connectivity index (χ0) is 16.1. The van der Waals surface area contributed by atoms with Gasteiger partial charge >= 0.3 is 0 Å². The molecule has 6 nitrogen and oxygen atoms in total. The Morgan fingerprint density at radius 3 is 2.61 bits per heavy atom. The second kappa shape index (κ2) is 7.43. The second-order valence-corrected chi connectivity index (χ2v) is 6.52. The standard InChI is InChI=1S/C16H20N6S/c1-12-15(20-18-13-6-4-3-5-7-13)23-16(17-12)21-19-14-8-10-22(2)11-9-14/h3-7H,8-11H2,1-2H3,(H,17,21). The quantitative estimate of drug-likeness (QED) is 0.670. The van der Waals surface area contributed by atoms with Gasteiger partial charge in [-0.25, -0.2) is 4.98 Å². The molecule has 120 valence electrons. The predicted octanol–water partition coefficient (Wildman–Crippen LogP) is 4.36. The van der Waals surface area contributed by atoms with Crippen molar-refractivity contribution in [3.63, 3.8) is 0 Å². The van der Waals surface area contributed by atoms with E-state index in [1.807, 2.05) is 37.3 Å². The van der Waals surface area contributed by atoms with Crippen LogP contribution in [0.2, 0.25) is 0 Å². The van der Waals surface area contributed by atoms with Crippen molar-refractivity contribution in [2.45, 2.75) is 19.8 Å². The highest BCUT2D eigenvalue weighted by Crippen LogP contribution is 2.32. The van der Waals surface area contributed by atoms with Gasteiger partial charge in [0.1, 0.15) is 0 Å². The molecular formula is C16H20N6S. The Kier molecular flexibility index (Phi) is 5.09. The molecule has 1 N–H and O–H groups in total. The van der Waals surface area contributed by atoms with Gasteiger partial charge in [-0.05, 0) is 26.1 Å². The molecule has 2 heterocycles. The van der Waals surface area contributed by atoms with Crippen LogP contribution in [0.1, 0.15) is 18.5 Å². The third kappa shape index (κ3) is 4.43. The molecule has 1 aromatic carbocycles. The molecule has 0 aliphatic carbocycles. The summed E-state index contributed by atoms with van der Waals surface area (Å²) in [5.41, 5.74) is 5.96. The van der Waals surface area contributed by atoms with Crippen molar-refractivity contribution in [2.75, 3.05) is 25.6 Å². The van der Waals surface area contributed by atoms with Crippen LogP contribution in [0.15, 0.2) is 45.7 Å². The van der Waals surface area contributed by atoms with E-state index in [9.17, 15) is 0 Å². The summed E-state index contributed by atoms with van der Waals surface area (Å²) in [4.78, 5) is 6.77. The topological polar surface area (TPSA) is 65.2 Å². The maximum Gasteiger partial charge on any atom is 0.205 e. The van der Waals surface area contributed by atoms with Crippen molar-refractivity contribution in [1.82, 2.24) is 9.88 Å². The van der Waals surface area contributed by atoms with Crippen molar-refractivity contribution >= 4 is 32.9 Å². The molecule has 0 spiro atoms. The number of hydrogen-bond donors (Lipinski definition) is 1. The molecule has 1 aromatic heterocycles. The van der Waals surface area contributed by atoms with Crippen LogP contribution in [0, 0.1) is 6.92 Å². The highest BCUT2D eigenvalue weighted by Gasteiger charge is 2.12. The Hall–Kier alpha value is -2.12. The predicted molar refractivity (Wildman–Crippen MR) is 95.3 cm³/mol. The van der Waals surface area contributed by atoms with Gasteiger partial charge in [0.05, 0.1) is 11.4 Å². The third-order valence-electron chi connectivity index (χ3n) is 3.66. The summed E-state index contributed by atoms with van der Waals surface area (Å²) in [6.07, 6.45) is 2.02. The summed E-state index contributed by atoms with van der Waals surface area (Å²) in [7, 11) is 2.14. The molecule has 23 heavy (non-hydrogen) atoms. The van der Waals surface area contributed by atoms with Crippen LogP contribution in [0.25, 0.3) is 0 Å². The summed E-state index contributed by atoms with van der Waals surface area (Å²) in [6, 6.07) is 9.69. The highest BCUT2D eigenvalue weighted by molar-refractivity contribution is 7.19. The fourth-order valence-electron chi connectivity index (χ4n) is 2.24. The number of anilines is 1. The average Bonchev–Trinajstić information content (AvgIpc) is 2.93. The number of aromatic nitrogens is 1. The number of nitrogens with zero attached hydrogens (tertiary/aromatic N) is 5. The van der Waals surface area contributed by atoms with E-state index in [2.05, 4.69) is 37.7 Å². The Bertz CT molecular complexity index is 697. The van der Waals surface area contributed by atoms with Gasteiger partial charge in [-0.3, -0.25) is 5.43 Å². The Morgan fingerprint density at radius 1 is 1.13 bits per heavy atom. The number of thiazole rings is 1. The average molecular weight is 328 g/mol. The van der Waals surface area contributed by atoms with Crippen molar-refractivity contribution in [3.05, 3.63) is 36.0 Å². The van der Waals surface area contributed by atoms with E-state index in [4.69, 9.17) is 0 Å². The maximum absolute atomic E-state index is 4.48. The Balaban J connectivity index is 1.64. The van der Waals surface area contributed by atoms with Gasteiger partial charge in [0.2, 0.25) is 5.13 Å². The molecule has 1 aliphatic heterocycles. The van der Waals surface area contributed by atoms with E-state index < -0.39 is 0 Å². The number of aryl methyl sites for hydroxylation is 1. The van der Waals surface area contributed by atoms with E-state index in [-0.39, 0.29) is 0 Å². The van der Waals surface area contributed by atoms with Gasteiger partial charge in [0.25, 0.3) is 0 Å². The number of hydrazone groups is 1. The molecule has 0 amide bonds. The van der Waals surface area contributed by atoms with Gasteiger partial charge in [-0.2, -0.15) is 5.10 Å². The van der Waals surface area contributed by atoms with Crippen LogP contribution in [0.3, 0.4) is 0 Å². The summed E-state index contributed by atoms with van der Waals surface area (Å²) < 4.78 is 0. The van der Waals surface area contributed by atoms with Gasteiger partial charge in [-0.1, -0.05) is 29.5 Å². The molecule has 0 saturated carbocycles. The Morgan fingerprint density at radius 2 is 1.87 bits per heavy atom. The summed E-state index contributed by atoms with van der Waals surface area (Å²) in [5.74, 6) is 0. The molecule has 7 heteroatoms. The molecular weight excluding hydrogens is 308 g/mol. The van der Waals surface area contributed by atoms with E-state index in [0.717, 1.165) is 47.4 Å². The van der Waals surface area contributed by atoms with E-state index in [1.165, 1.54) is 17.0 Å². The zero-order valence-corrected chi connectivity index (χ0v) is 14.2. The van der Waals surface area contributed by atoms with E-state index in [1.54, 1.807) is 0 Å². The number of likely N-dealkylation sites (tertiary alicyclic amines) is 1. The van der Waals surface area contributed by atoms with Gasteiger partial charge in [0, 0.05) is 31.6 Å². The number of hydrogen-bond acceptors (Lipinski definition) is 7. The number of benzene rings is 1. The molecule has 0 radical (unpaired) electrons. The molecule has 3 rings (SSSR count). The zero-order valence-electron chi connectivity index (χ0n) is 13.4. The molecule has 2 aromatic rings.